The lowest BCUT2D eigenvalue weighted by Crippen LogP contribution is -2.47. The fraction of sp³-hybridized carbons (Fsp3) is 0.440. The lowest BCUT2D eigenvalue weighted by atomic mass is 10.2. The Hall–Kier alpha value is -3.48. The van der Waals surface area contributed by atoms with Crippen molar-refractivity contribution in [1.82, 2.24) is 19.9 Å². The Morgan fingerprint density at radius 3 is 2.68 bits per heavy atom. The first-order valence-corrected chi connectivity index (χ1v) is 13.2. The molecule has 1 fully saturated rings. The average molecular weight is 525 g/mol. The van der Waals surface area contributed by atoms with Crippen LogP contribution in [0.2, 0.25) is 0 Å². The van der Waals surface area contributed by atoms with Crippen molar-refractivity contribution in [2.45, 2.75) is 13.8 Å². The Bertz CT molecular complexity index is 1290. The molecule has 196 valence electrons. The van der Waals surface area contributed by atoms with Gasteiger partial charge in [0.05, 0.1) is 30.6 Å². The van der Waals surface area contributed by atoms with Gasteiger partial charge >= 0.3 is 0 Å². The fourth-order valence-corrected chi connectivity index (χ4v) is 5.70. The normalized spacial score (nSPS) is 15.9. The van der Waals surface area contributed by atoms with Crippen LogP contribution in [0, 0.1) is 6.92 Å². The lowest BCUT2D eigenvalue weighted by molar-refractivity contribution is 0.0990. The Morgan fingerprint density at radius 2 is 1.97 bits per heavy atom. The highest BCUT2D eigenvalue weighted by Gasteiger charge is 2.33. The number of aryl methyl sites for hydroxylation is 1. The summed E-state index contributed by atoms with van der Waals surface area (Å²) in [6, 6.07) is 6.05. The second kappa shape index (κ2) is 10.5. The van der Waals surface area contributed by atoms with E-state index in [1.165, 1.54) is 11.3 Å². The van der Waals surface area contributed by atoms with E-state index in [4.69, 9.17) is 9.72 Å². The van der Waals surface area contributed by atoms with E-state index in [0.717, 1.165) is 47.6 Å². The number of rotatable bonds is 7. The number of amides is 1. The monoisotopic (exact) mass is 524 g/mol. The minimum Gasteiger partial charge on any atom is -0.494 e. The Labute approximate surface area is 220 Å². The quantitative estimate of drug-likeness (QED) is 0.479. The van der Waals surface area contributed by atoms with Gasteiger partial charge in [0.1, 0.15) is 16.4 Å². The number of aromatic nitrogens is 3. The van der Waals surface area contributed by atoms with Crippen LogP contribution in [0.4, 0.5) is 33.8 Å². The van der Waals surface area contributed by atoms with Gasteiger partial charge in [-0.1, -0.05) is 0 Å². The Kier molecular flexibility index (Phi) is 7.13. The van der Waals surface area contributed by atoms with Crippen molar-refractivity contribution in [3.05, 3.63) is 35.1 Å². The summed E-state index contributed by atoms with van der Waals surface area (Å²) in [6.45, 7) is 9.07. The van der Waals surface area contributed by atoms with Gasteiger partial charge in [0.15, 0.2) is 11.5 Å². The summed E-state index contributed by atoms with van der Waals surface area (Å²) in [5, 5.41) is 14.1. The van der Waals surface area contributed by atoms with Gasteiger partial charge in [-0.25, -0.2) is 9.97 Å². The van der Waals surface area contributed by atoms with Crippen molar-refractivity contribution in [3.8, 4) is 5.75 Å². The molecular formula is C25H32N8O3S. The zero-order chi connectivity index (χ0) is 26.1. The maximum atomic E-state index is 13.1. The number of nitrogens with zero attached hydrogens (tertiary/aromatic N) is 7. The summed E-state index contributed by atoms with van der Waals surface area (Å²) in [6.07, 6.45) is 1.67. The number of nitrogens with one attached hydrogen (secondary N) is 1. The molecule has 2 N–H and O–H groups in total. The SMILES string of the molecule is CCN1c2nc(Nc3ccc(N4CCN(CCO)CC4)cc3OC)ncc2N(C)C(=O)c2nc(C)sc21. The molecule has 0 saturated carbocycles. The molecule has 0 aliphatic carbocycles. The van der Waals surface area contributed by atoms with E-state index < -0.39 is 0 Å². The van der Waals surface area contributed by atoms with Crippen LogP contribution in [-0.2, 0) is 0 Å². The molecule has 2 aliphatic heterocycles. The van der Waals surface area contributed by atoms with E-state index in [-0.39, 0.29) is 12.5 Å². The largest absolute Gasteiger partial charge is 0.494 e. The maximum Gasteiger partial charge on any atom is 0.279 e. The number of fused-ring (bicyclic) bond motifs is 2. The van der Waals surface area contributed by atoms with Crippen LogP contribution in [0.5, 0.6) is 5.75 Å². The molecule has 1 amide bonds. The Morgan fingerprint density at radius 1 is 1.19 bits per heavy atom. The number of carbonyl (C=O) groups is 1. The molecule has 2 aromatic heterocycles. The van der Waals surface area contributed by atoms with Crippen LogP contribution < -0.4 is 24.8 Å². The zero-order valence-electron chi connectivity index (χ0n) is 21.6. The fourth-order valence-electron chi connectivity index (χ4n) is 4.73. The first-order chi connectivity index (χ1) is 17.9. The lowest BCUT2D eigenvalue weighted by Gasteiger charge is -2.36. The number of ether oxygens (including phenoxy) is 1. The van der Waals surface area contributed by atoms with Crippen LogP contribution in [0.1, 0.15) is 22.4 Å². The summed E-state index contributed by atoms with van der Waals surface area (Å²) in [5.41, 5.74) is 2.90. The first-order valence-electron chi connectivity index (χ1n) is 12.4. The second-order valence-electron chi connectivity index (χ2n) is 8.96. The van der Waals surface area contributed by atoms with Gasteiger partial charge in [0, 0.05) is 58.1 Å². The highest BCUT2D eigenvalue weighted by Crippen LogP contribution is 2.42. The molecule has 4 heterocycles. The van der Waals surface area contributed by atoms with E-state index >= 15 is 0 Å². The van der Waals surface area contributed by atoms with Crippen molar-refractivity contribution >= 4 is 51.1 Å². The van der Waals surface area contributed by atoms with E-state index in [2.05, 4.69) is 31.2 Å². The third-order valence-electron chi connectivity index (χ3n) is 6.74. The molecule has 5 rings (SSSR count). The maximum absolute atomic E-state index is 13.1. The van der Waals surface area contributed by atoms with Gasteiger partial charge in [-0.15, -0.1) is 11.3 Å². The highest BCUT2D eigenvalue weighted by molar-refractivity contribution is 7.16. The van der Waals surface area contributed by atoms with Crippen LogP contribution in [0.15, 0.2) is 24.4 Å². The Balaban J connectivity index is 1.41. The number of methoxy groups -OCH3 is 1. The van der Waals surface area contributed by atoms with Crippen molar-refractivity contribution < 1.29 is 14.6 Å². The summed E-state index contributed by atoms with van der Waals surface area (Å²) >= 11 is 1.49. The van der Waals surface area contributed by atoms with Crippen molar-refractivity contribution in [2.75, 3.05) is 80.0 Å². The minimum atomic E-state index is -0.171. The third kappa shape index (κ3) is 4.79. The summed E-state index contributed by atoms with van der Waals surface area (Å²) in [5.74, 6) is 1.57. The number of carbonyl (C=O) groups excluding carboxylic acids is 1. The third-order valence-corrected chi connectivity index (χ3v) is 7.73. The van der Waals surface area contributed by atoms with E-state index in [0.29, 0.717) is 42.0 Å². The predicted molar refractivity (Wildman–Crippen MR) is 146 cm³/mol. The molecular weight excluding hydrogens is 492 g/mol. The topological polar surface area (TPSA) is 110 Å². The molecule has 2 aliphatic rings. The number of thiazole rings is 1. The van der Waals surface area contributed by atoms with Crippen molar-refractivity contribution in [1.29, 1.82) is 0 Å². The standard InChI is InChI=1S/C25H32N8O3S/c1-5-33-22-19(30(3)23(35)21-24(33)37-16(2)27-21)15-26-25(29-22)28-18-7-6-17(14-20(18)36-4)32-10-8-31(9-11-32)12-13-34/h6-7,14-15,34H,5,8-13H2,1-4H3,(H,26,28,29). The number of benzene rings is 1. The number of piperazine rings is 1. The van der Waals surface area contributed by atoms with Crippen LogP contribution in [-0.4, -0.2) is 90.9 Å². The molecule has 37 heavy (non-hydrogen) atoms. The van der Waals surface area contributed by atoms with E-state index in [9.17, 15) is 9.90 Å². The highest BCUT2D eigenvalue weighted by atomic mass is 32.1. The van der Waals surface area contributed by atoms with Crippen LogP contribution in [0.3, 0.4) is 0 Å². The number of aliphatic hydroxyl groups excluding tert-OH is 1. The molecule has 12 heteroatoms. The first kappa shape index (κ1) is 25.2. The number of aliphatic hydroxyl groups is 1. The molecule has 0 radical (unpaired) electrons. The van der Waals surface area contributed by atoms with Gasteiger partial charge in [-0.05, 0) is 26.0 Å². The van der Waals surface area contributed by atoms with Crippen molar-refractivity contribution in [2.24, 2.45) is 0 Å². The summed E-state index contributed by atoms with van der Waals surface area (Å²) in [7, 11) is 3.37. The smallest absolute Gasteiger partial charge is 0.279 e. The van der Waals surface area contributed by atoms with Gasteiger partial charge < -0.3 is 29.9 Å². The molecule has 0 bridgehead atoms. The molecule has 0 unspecified atom stereocenters. The van der Waals surface area contributed by atoms with Crippen molar-refractivity contribution in [3.63, 3.8) is 0 Å². The van der Waals surface area contributed by atoms with Gasteiger partial charge in [0.2, 0.25) is 5.95 Å². The number of hydrogen-bond acceptors (Lipinski definition) is 11. The molecule has 11 nitrogen and oxygen atoms in total. The number of hydrogen-bond donors (Lipinski definition) is 2. The molecule has 1 saturated heterocycles. The number of anilines is 6. The zero-order valence-corrected chi connectivity index (χ0v) is 22.4. The van der Waals surface area contributed by atoms with Gasteiger partial charge in [-0.2, -0.15) is 4.98 Å². The molecule has 1 aromatic carbocycles. The van der Waals surface area contributed by atoms with Gasteiger partial charge in [-0.3, -0.25) is 9.69 Å². The van der Waals surface area contributed by atoms with Crippen LogP contribution >= 0.6 is 11.3 Å². The summed E-state index contributed by atoms with van der Waals surface area (Å²) in [4.78, 5) is 35.1. The van der Waals surface area contributed by atoms with Gasteiger partial charge in [0.25, 0.3) is 5.91 Å². The second-order valence-corrected chi connectivity index (χ2v) is 10.1. The average Bonchev–Trinajstić information content (AvgIpc) is 3.27. The van der Waals surface area contributed by atoms with Crippen LogP contribution in [0.25, 0.3) is 0 Å². The number of β-amino-alcohol motifs (C(OH)–C–C–N with tert-alkyl or cyclic N) is 1. The molecule has 0 spiro atoms. The van der Waals surface area contributed by atoms with E-state index in [1.807, 2.05) is 30.9 Å². The molecule has 0 atom stereocenters. The summed E-state index contributed by atoms with van der Waals surface area (Å²) < 4.78 is 5.71. The van der Waals surface area contributed by atoms with E-state index in [1.54, 1.807) is 25.3 Å². The minimum absolute atomic E-state index is 0.171. The molecule has 3 aromatic rings. The predicted octanol–water partition coefficient (Wildman–Crippen LogP) is 2.86.